The topological polar surface area (TPSA) is 50.7 Å². The van der Waals surface area contributed by atoms with Gasteiger partial charge in [0.2, 0.25) is 0 Å². The number of aryl methyl sites for hydroxylation is 1. The average molecular weight is 349 g/mol. The van der Waals surface area contributed by atoms with Crippen LogP contribution in [0.25, 0.3) is 11.5 Å². The van der Waals surface area contributed by atoms with E-state index in [1.807, 2.05) is 25.3 Å². The Kier molecular flexibility index (Phi) is 5.28. The summed E-state index contributed by atoms with van der Waals surface area (Å²) in [5, 5.41) is 3.35. The van der Waals surface area contributed by atoms with Crippen LogP contribution in [0.15, 0.2) is 22.8 Å². The molecule has 0 amide bonds. The summed E-state index contributed by atoms with van der Waals surface area (Å²) >= 11 is 3.62. The first-order chi connectivity index (χ1) is 10.0. The van der Waals surface area contributed by atoms with E-state index in [1.54, 1.807) is 0 Å². The standard InChI is InChI=1S/C16H21BrN4/c1-5-8-18-16-13(17)14(10(2)3)20-15(21-16)12-7-6-11(4)9-19-12/h6-7,9-10H,5,8H2,1-4H3,(H,18,20,21). The van der Waals surface area contributed by atoms with Gasteiger partial charge in [-0.15, -0.1) is 0 Å². The van der Waals surface area contributed by atoms with Crippen molar-refractivity contribution in [2.75, 3.05) is 11.9 Å². The molecule has 0 atom stereocenters. The summed E-state index contributed by atoms with van der Waals surface area (Å²) in [5.41, 5.74) is 2.93. The van der Waals surface area contributed by atoms with E-state index in [9.17, 15) is 0 Å². The van der Waals surface area contributed by atoms with Gasteiger partial charge in [0, 0.05) is 12.7 Å². The lowest BCUT2D eigenvalue weighted by Crippen LogP contribution is -2.08. The molecular weight excluding hydrogens is 328 g/mol. The van der Waals surface area contributed by atoms with E-state index in [1.165, 1.54) is 0 Å². The monoisotopic (exact) mass is 348 g/mol. The third-order valence-corrected chi connectivity index (χ3v) is 3.89. The predicted octanol–water partition coefficient (Wildman–Crippen LogP) is 4.55. The number of aromatic nitrogens is 3. The predicted molar refractivity (Wildman–Crippen MR) is 90.6 cm³/mol. The molecule has 0 aliphatic heterocycles. The van der Waals surface area contributed by atoms with Crippen LogP contribution in [0.2, 0.25) is 0 Å². The Labute approximate surface area is 134 Å². The minimum absolute atomic E-state index is 0.314. The fraction of sp³-hybridized carbons (Fsp3) is 0.438. The molecule has 0 aliphatic rings. The highest BCUT2D eigenvalue weighted by Crippen LogP contribution is 2.31. The molecule has 2 rings (SSSR count). The molecule has 2 heterocycles. The van der Waals surface area contributed by atoms with E-state index in [-0.39, 0.29) is 0 Å². The molecular formula is C16H21BrN4. The Morgan fingerprint density at radius 1 is 1.24 bits per heavy atom. The summed E-state index contributed by atoms with van der Waals surface area (Å²) in [6.07, 6.45) is 2.89. The quantitative estimate of drug-likeness (QED) is 0.860. The van der Waals surface area contributed by atoms with E-state index in [2.05, 4.69) is 57.0 Å². The number of hydrogen-bond donors (Lipinski definition) is 1. The van der Waals surface area contributed by atoms with Gasteiger partial charge in [-0.05, 0) is 46.8 Å². The highest BCUT2D eigenvalue weighted by Gasteiger charge is 2.16. The molecule has 0 fully saturated rings. The van der Waals surface area contributed by atoms with Crippen LogP contribution >= 0.6 is 15.9 Å². The lowest BCUT2D eigenvalue weighted by Gasteiger charge is -2.14. The second-order valence-electron chi connectivity index (χ2n) is 5.40. The third-order valence-electron chi connectivity index (χ3n) is 3.11. The normalized spacial score (nSPS) is 11.0. The van der Waals surface area contributed by atoms with E-state index < -0.39 is 0 Å². The number of halogens is 1. The molecule has 5 heteroatoms. The Bertz CT molecular complexity index is 608. The van der Waals surface area contributed by atoms with Crippen molar-refractivity contribution >= 4 is 21.7 Å². The van der Waals surface area contributed by atoms with E-state index >= 15 is 0 Å². The van der Waals surface area contributed by atoms with Gasteiger partial charge in [-0.25, -0.2) is 9.97 Å². The van der Waals surface area contributed by atoms with Crippen molar-refractivity contribution in [3.63, 3.8) is 0 Å². The molecule has 0 saturated heterocycles. The molecule has 2 aromatic heterocycles. The molecule has 2 aromatic rings. The second kappa shape index (κ2) is 6.98. The van der Waals surface area contributed by atoms with Crippen molar-refractivity contribution in [1.29, 1.82) is 0 Å². The molecule has 4 nitrogen and oxygen atoms in total. The number of hydrogen-bond acceptors (Lipinski definition) is 4. The largest absolute Gasteiger partial charge is 0.369 e. The summed E-state index contributed by atoms with van der Waals surface area (Å²) in [5.74, 6) is 1.82. The smallest absolute Gasteiger partial charge is 0.180 e. The van der Waals surface area contributed by atoms with Crippen molar-refractivity contribution in [3.05, 3.63) is 34.1 Å². The Morgan fingerprint density at radius 3 is 2.57 bits per heavy atom. The van der Waals surface area contributed by atoms with Crippen molar-refractivity contribution in [3.8, 4) is 11.5 Å². The molecule has 0 spiro atoms. The van der Waals surface area contributed by atoms with Gasteiger partial charge < -0.3 is 5.32 Å². The van der Waals surface area contributed by atoms with Crippen LogP contribution in [0.3, 0.4) is 0 Å². The molecule has 0 bridgehead atoms. The van der Waals surface area contributed by atoms with Crippen LogP contribution in [-0.4, -0.2) is 21.5 Å². The van der Waals surface area contributed by atoms with E-state index in [4.69, 9.17) is 0 Å². The second-order valence-corrected chi connectivity index (χ2v) is 6.19. The Balaban J connectivity index is 2.50. The lowest BCUT2D eigenvalue weighted by molar-refractivity contribution is 0.807. The molecule has 0 radical (unpaired) electrons. The fourth-order valence-electron chi connectivity index (χ4n) is 1.92. The lowest BCUT2D eigenvalue weighted by atomic mass is 10.1. The van der Waals surface area contributed by atoms with Crippen LogP contribution in [-0.2, 0) is 0 Å². The molecule has 1 N–H and O–H groups in total. The number of pyridine rings is 1. The van der Waals surface area contributed by atoms with Gasteiger partial charge in [-0.2, -0.15) is 0 Å². The van der Waals surface area contributed by atoms with Crippen LogP contribution < -0.4 is 5.32 Å². The number of anilines is 1. The maximum absolute atomic E-state index is 4.68. The van der Waals surface area contributed by atoms with Gasteiger partial charge >= 0.3 is 0 Å². The van der Waals surface area contributed by atoms with Gasteiger partial charge in [0.15, 0.2) is 5.82 Å². The highest BCUT2D eigenvalue weighted by molar-refractivity contribution is 9.10. The molecule has 0 saturated carbocycles. The minimum atomic E-state index is 0.314. The van der Waals surface area contributed by atoms with Crippen molar-refractivity contribution < 1.29 is 0 Å². The summed E-state index contributed by atoms with van der Waals surface area (Å²) < 4.78 is 0.946. The maximum Gasteiger partial charge on any atom is 0.180 e. The maximum atomic E-state index is 4.68. The zero-order valence-corrected chi connectivity index (χ0v) is 14.5. The van der Waals surface area contributed by atoms with E-state index in [0.717, 1.165) is 40.2 Å². The number of nitrogens with zero attached hydrogens (tertiary/aromatic N) is 3. The molecule has 112 valence electrons. The van der Waals surface area contributed by atoms with Gasteiger partial charge in [0.05, 0.1) is 10.2 Å². The fourth-order valence-corrected chi connectivity index (χ4v) is 2.70. The van der Waals surface area contributed by atoms with Gasteiger partial charge in [0.25, 0.3) is 0 Å². The molecule has 0 unspecified atom stereocenters. The van der Waals surface area contributed by atoms with Crippen molar-refractivity contribution in [2.45, 2.75) is 40.0 Å². The summed E-state index contributed by atoms with van der Waals surface area (Å²) in [6.45, 7) is 9.29. The van der Waals surface area contributed by atoms with Gasteiger partial charge in [-0.1, -0.05) is 26.8 Å². The SMILES string of the molecule is CCCNc1nc(-c2ccc(C)cn2)nc(C(C)C)c1Br. The number of nitrogens with one attached hydrogen (secondary N) is 1. The molecule has 0 aromatic carbocycles. The van der Waals surface area contributed by atoms with E-state index in [0.29, 0.717) is 11.7 Å². The van der Waals surface area contributed by atoms with Crippen LogP contribution in [0.4, 0.5) is 5.82 Å². The van der Waals surface area contributed by atoms with Gasteiger partial charge in [0.1, 0.15) is 11.5 Å². The van der Waals surface area contributed by atoms with Crippen molar-refractivity contribution in [2.24, 2.45) is 0 Å². The number of rotatable bonds is 5. The molecule has 21 heavy (non-hydrogen) atoms. The summed E-state index contributed by atoms with van der Waals surface area (Å²) in [7, 11) is 0. The first-order valence-electron chi connectivity index (χ1n) is 7.27. The van der Waals surface area contributed by atoms with Crippen LogP contribution in [0.5, 0.6) is 0 Å². The van der Waals surface area contributed by atoms with Crippen molar-refractivity contribution in [1.82, 2.24) is 15.0 Å². The first-order valence-corrected chi connectivity index (χ1v) is 8.06. The highest BCUT2D eigenvalue weighted by atomic mass is 79.9. The van der Waals surface area contributed by atoms with Gasteiger partial charge in [-0.3, -0.25) is 4.98 Å². The Morgan fingerprint density at radius 2 is 2.00 bits per heavy atom. The third kappa shape index (κ3) is 3.79. The summed E-state index contributed by atoms with van der Waals surface area (Å²) in [6, 6.07) is 3.99. The zero-order chi connectivity index (χ0) is 15.4. The first kappa shape index (κ1) is 15.9. The van der Waals surface area contributed by atoms with Crippen LogP contribution in [0.1, 0.15) is 44.4 Å². The van der Waals surface area contributed by atoms with Crippen LogP contribution in [0, 0.1) is 6.92 Å². The average Bonchev–Trinajstić information content (AvgIpc) is 2.47. The minimum Gasteiger partial charge on any atom is -0.369 e. The molecule has 0 aliphatic carbocycles. The zero-order valence-electron chi connectivity index (χ0n) is 12.9. The Hall–Kier alpha value is -1.49. The summed E-state index contributed by atoms with van der Waals surface area (Å²) in [4.78, 5) is 13.7.